The molecule has 0 aliphatic rings. The average molecular weight is 337 g/mol. The van der Waals surface area contributed by atoms with Gasteiger partial charge in [-0.15, -0.1) is 0 Å². The fourth-order valence-electron chi connectivity index (χ4n) is 2.57. The summed E-state index contributed by atoms with van der Waals surface area (Å²) in [7, 11) is 0. The van der Waals surface area contributed by atoms with Crippen molar-refractivity contribution < 1.29 is 13.9 Å². The number of anilines is 1. The summed E-state index contributed by atoms with van der Waals surface area (Å²) in [5, 5.41) is 3.23. The maximum Gasteiger partial charge on any atom is 0.224 e. The van der Waals surface area contributed by atoms with E-state index in [1.165, 1.54) is 6.07 Å². The van der Waals surface area contributed by atoms with E-state index >= 15 is 0 Å². The number of hydrogen-bond acceptors (Lipinski definition) is 4. The molecule has 5 heteroatoms. The summed E-state index contributed by atoms with van der Waals surface area (Å²) in [5.41, 5.74) is 1.59. The molecule has 0 aliphatic heterocycles. The van der Waals surface area contributed by atoms with Gasteiger partial charge in [0, 0.05) is 24.2 Å². The molecule has 0 saturated carbocycles. The number of nitrogens with one attached hydrogen (secondary N) is 1. The van der Waals surface area contributed by atoms with Gasteiger partial charge in [0.1, 0.15) is 17.1 Å². The molecule has 0 fully saturated rings. The lowest BCUT2D eigenvalue weighted by Crippen LogP contribution is -2.09. The predicted octanol–water partition coefficient (Wildman–Crippen LogP) is 4.21. The molecule has 5 nitrogen and oxygen atoms in total. The Balaban J connectivity index is 2.11. The van der Waals surface area contributed by atoms with Crippen LogP contribution in [0.25, 0.3) is 22.3 Å². The molecule has 0 unspecified atom stereocenters. The van der Waals surface area contributed by atoms with Crippen molar-refractivity contribution in [3.05, 3.63) is 58.8 Å². The third-order valence-electron chi connectivity index (χ3n) is 3.79. The molecule has 128 valence electrons. The van der Waals surface area contributed by atoms with E-state index in [0.29, 0.717) is 46.8 Å². The number of carbonyl (C=O) groups is 1. The van der Waals surface area contributed by atoms with Gasteiger partial charge in [-0.2, -0.15) is 0 Å². The highest BCUT2D eigenvalue weighted by molar-refractivity contribution is 5.93. The molecule has 0 aliphatic carbocycles. The van der Waals surface area contributed by atoms with Crippen molar-refractivity contribution in [1.29, 1.82) is 0 Å². The maximum absolute atomic E-state index is 12.4. The first-order valence-corrected chi connectivity index (χ1v) is 8.22. The number of para-hydroxylation sites is 1. The zero-order chi connectivity index (χ0) is 17.8. The lowest BCUT2D eigenvalue weighted by Gasteiger charge is -2.10. The lowest BCUT2D eigenvalue weighted by molar-refractivity contribution is -0.115. The minimum Gasteiger partial charge on any atom is -0.493 e. The van der Waals surface area contributed by atoms with Crippen molar-refractivity contribution in [2.24, 2.45) is 0 Å². The van der Waals surface area contributed by atoms with Crippen LogP contribution in [0, 0.1) is 0 Å². The van der Waals surface area contributed by atoms with Gasteiger partial charge in [-0.3, -0.25) is 9.59 Å². The maximum atomic E-state index is 12.4. The van der Waals surface area contributed by atoms with E-state index in [9.17, 15) is 9.59 Å². The summed E-state index contributed by atoms with van der Waals surface area (Å²) >= 11 is 0. The van der Waals surface area contributed by atoms with Gasteiger partial charge in [0.2, 0.25) is 5.91 Å². The quantitative estimate of drug-likeness (QED) is 0.757. The molecule has 0 bridgehead atoms. The van der Waals surface area contributed by atoms with Crippen LogP contribution in [0.5, 0.6) is 5.75 Å². The first-order valence-electron chi connectivity index (χ1n) is 8.22. The van der Waals surface area contributed by atoms with Crippen LogP contribution in [0.4, 0.5) is 5.69 Å². The van der Waals surface area contributed by atoms with E-state index in [4.69, 9.17) is 9.15 Å². The molecule has 0 atom stereocenters. The minimum absolute atomic E-state index is 0.0976. The van der Waals surface area contributed by atoms with Gasteiger partial charge in [-0.1, -0.05) is 19.1 Å². The van der Waals surface area contributed by atoms with E-state index < -0.39 is 0 Å². The molecule has 1 heterocycles. The second-order valence-corrected chi connectivity index (χ2v) is 5.52. The topological polar surface area (TPSA) is 68.5 Å². The number of ether oxygens (including phenoxy) is 1. The number of benzene rings is 2. The van der Waals surface area contributed by atoms with Gasteiger partial charge >= 0.3 is 0 Å². The summed E-state index contributed by atoms with van der Waals surface area (Å²) in [5.74, 6) is 0.989. The Labute approximate surface area is 145 Å². The number of hydrogen-bond donors (Lipinski definition) is 1. The largest absolute Gasteiger partial charge is 0.493 e. The van der Waals surface area contributed by atoms with E-state index in [2.05, 4.69) is 5.32 Å². The number of amides is 1. The van der Waals surface area contributed by atoms with Crippen molar-refractivity contribution in [2.45, 2.75) is 20.3 Å². The summed E-state index contributed by atoms with van der Waals surface area (Å²) in [6.07, 6.45) is 0.379. The summed E-state index contributed by atoms with van der Waals surface area (Å²) in [6, 6.07) is 13.9. The van der Waals surface area contributed by atoms with E-state index in [-0.39, 0.29) is 11.3 Å². The molecular formula is C20H19NO4. The Morgan fingerprint density at radius 3 is 2.68 bits per heavy atom. The second kappa shape index (κ2) is 7.21. The normalized spacial score (nSPS) is 10.6. The molecule has 25 heavy (non-hydrogen) atoms. The Bertz CT molecular complexity index is 975. The van der Waals surface area contributed by atoms with Crippen molar-refractivity contribution in [3.8, 4) is 17.1 Å². The third-order valence-corrected chi connectivity index (χ3v) is 3.79. The van der Waals surface area contributed by atoms with E-state index in [1.807, 2.05) is 31.2 Å². The molecule has 0 spiro atoms. The van der Waals surface area contributed by atoms with Crippen LogP contribution in [0.2, 0.25) is 0 Å². The van der Waals surface area contributed by atoms with Crippen LogP contribution in [-0.2, 0) is 4.79 Å². The van der Waals surface area contributed by atoms with Crippen LogP contribution in [-0.4, -0.2) is 12.5 Å². The summed E-state index contributed by atoms with van der Waals surface area (Å²) in [4.78, 5) is 24.0. The molecule has 3 rings (SSSR count). The minimum atomic E-state index is -0.143. The molecule has 0 saturated heterocycles. The van der Waals surface area contributed by atoms with Crippen molar-refractivity contribution in [3.63, 3.8) is 0 Å². The van der Waals surface area contributed by atoms with Gasteiger partial charge in [0.05, 0.1) is 17.6 Å². The highest BCUT2D eigenvalue weighted by Crippen LogP contribution is 2.31. The predicted molar refractivity (Wildman–Crippen MR) is 98.0 cm³/mol. The second-order valence-electron chi connectivity index (χ2n) is 5.52. The first kappa shape index (κ1) is 16.8. The van der Waals surface area contributed by atoms with Crippen LogP contribution in [0.15, 0.2) is 57.7 Å². The number of fused-ring (bicyclic) bond motifs is 1. The highest BCUT2D eigenvalue weighted by Gasteiger charge is 2.12. The molecule has 1 aromatic heterocycles. The van der Waals surface area contributed by atoms with Crippen molar-refractivity contribution >= 4 is 22.6 Å². The van der Waals surface area contributed by atoms with Gasteiger partial charge in [0.15, 0.2) is 5.43 Å². The van der Waals surface area contributed by atoms with Gasteiger partial charge < -0.3 is 14.5 Å². The molecule has 1 amide bonds. The van der Waals surface area contributed by atoms with E-state index in [0.717, 1.165) is 0 Å². The molecule has 2 aromatic carbocycles. The van der Waals surface area contributed by atoms with Crippen LogP contribution in [0.3, 0.4) is 0 Å². The number of rotatable bonds is 5. The molecule has 0 radical (unpaired) electrons. The standard InChI is InChI=1S/C20H19NO4/c1-3-20(23)21-13-9-10-14-16(22)12-19(25-18(14)11-13)15-7-5-6-8-17(15)24-4-2/h5-12H,3-4H2,1-2H3,(H,21,23). The van der Waals surface area contributed by atoms with Gasteiger partial charge in [0.25, 0.3) is 0 Å². The zero-order valence-corrected chi connectivity index (χ0v) is 14.2. The monoisotopic (exact) mass is 337 g/mol. The molecule has 1 N–H and O–H groups in total. The Kier molecular flexibility index (Phi) is 4.84. The third kappa shape index (κ3) is 3.55. The zero-order valence-electron chi connectivity index (χ0n) is 14.2. The summed E-state index contributed by atoms with van der Waals surface area (Å²) in [6.45, 7) is 4.19. The highest BCUT2D eigenvalue weighted by atomic mass is 16.5. The Morgan fingerprint density at radius 2 is 1.92 bits per heavy atom. The molecular weight excluding hydrogens is 318 g/mol. The fraction of sp³-hybridized carbons (Fsp3) is 0.200. The van der Waals surface area contributed by atoms with Gasteiger partial charge in [-0.05, 0) is 31.2 Å². The van der Waals surface area contributed by atoms with Crippen LogP contribution >= 0.6 is 0 Å². The van der Waals surface area contributed by atoms with E-state index in [1.54, 1.807) is 25.1 Å². The first-order chi connectivity index (χ1) is 12.1. The van der Waals surface area contributed by atoms with Crippen LogP contribution < -0.4 is 15.5 Å². The Hall–Kier alpha value is -3.08. The average Bonchev–Trinajstić information content (AvgIpc) is 2.62. The Morgan fingerprint density at radius 1 is 1.12 bits per heavy atom. The fourth-order valence-corrected chi connectivity index (χ4v) is 2.57. The van der Waals surface area contributed by atoms with Crippen molar-refractivity contribution in [1.82, 2.24) is 0 Å². The van der Waals surface area contributed by atoms with Gasteiger partial charge in [-0.25, -0.2) is 0 Å². The lowest BCUT2D eigenvalue weighted by atomic mass is 10.1. The molecule has 3 aromatic rings. The SMILES string of the molecule is CCOc1ccccc1-c1cc(=O)c2ccc(NC(=O)CC)cc2o1. The van der Waals surface area contributed by atoms with Crippen molar-refractivity contribution in [2.75, 3.05) is 11.9 Å². The summed E-state index contributed by atoms with van der Waals surface area (Å²) < 4.78 is 11.6. The van der Waals surface area contributed by atoms with Crippen LogP contribution in [0.1, 0.15) is 20.3 Å². The smallest absolute Gasteiger partial charge is 0.224 e. The number of carbonyl (C=O) groups excluding carboxylic acids is 1.